The smallest absolute Gasteiger partial charge is 0.326 e. The van der Waals surface area contributed by atoms with E-state index in [1.807, 2.05) is 35.2 Å². The van der Waals surface area contributed by atoms with Gasteiger partial charge in [0.1, 0.15) is 0 Å². The number of hydrogen-bond acceptors (Lipinski definition) is 2. The highest BCUT2D eigenvalue weighted by atomic mass is 16.2. The SMILES string of the molecule is Cc1ccc(NC(=O)N2C[C@H]3CCCN3c3ccccc32)cc1C. The zero-order valence-electron chi connectivity index (χ0n) is 14.2. The molecule has 1 N–H and O–H groups in total. The maximum absolute atomic E-state index is 12.9. The van der Waals surface area contributed by atoms with Crippen molar-refractivity contribution in [3.05, 3.63) is 53.6 Å². The molecule has 1 atom stereocenters. The molecule has 124 valence electrons. The number of fused-ring (bicyclic) bond motifs is 3. The lowest BCUT2D eigenvalue weighted by Crippen LogP contribution is -2.49. The predicted octanol–water partition coefficient (Wildman–Crippen LogP) is 4.32. The Bertz CT molecular complexity index is 786. The van der Waals surface area contributed by atoms with Crippen molar-refractivity contribution < 1.29 is 4.79 Å². The van der Waals surface area contributed by atoms with Crippen molar-refractivity contribution in [2.75, 3.05) is 28.2 Å². The normalized spacial score (nSPS) is 19.0. The van der Waals surface area contributed by atoms with E-state index in [-0.39, 0.29) is 6.03 Å². The van der Waals surface area contributed by atoms with Crippen molar-refractivity contribution in [1.29, 1.82) is 0 Å². The topological polar surface area (TPSA) is 35.6 Å². The summed E-state index contributed by atoms with van der Waals surface area (Å²) in [4.78, 5) is 17.3. The second-order valence-corrected chi connectivity index (χ2v) is 6.82. The van der Waals surface area contributed by atoms with Gasteiger partial charge in [-0.1, -0.05) is 18.2 Å². The number of carbonyl (C=O) groups excluding carboxylic acids is 1. The number of carbonyl (C=O) groups is 1. The van der Waals surface area contributed by atoms with Gasteiger partial charge in [0.2, 0.25) is 0 Å². The molecule has 0 spiro atoms. The average molecular weight is 321 g/mol. The monoisotopic (exact) mass is 321 g/mol. The molecule has 0 radical (unpaired) electrons. The van der Waals surface area contributed by atoms with E-state index in [2.05, 4.69) is 36.2 Å². The van der Waals surface area contributed by atoms with Gasteiger partial charge in [0, 0.05) is 24.8 Å². The van der Waals surface area contributed by atoms with Gasteiger partial charge in [-0.25, -0.2) is 4.79 Å². The Morgan fingerprint density at radius 1 is 1.08 bits per heavy atom. The summed E-state index contributed by atoms with van der Waals surface area (Å²) in [5.41, 5.74) is 5.47. The molecule has 2 aliphatic heterocycles. The highest BCUT2D eigenvalue weighted by Crippen LogP contribution is 2.39. The summed E-state index contributed by atoms with van der Waals surface area (Å²) in [6, 6.07) is 14.7. The van der Waals surface area contributed by atoms with Gasteiger partial charge >= 0.3 is 6.03 Å². The molecule has 0 bridgehead atoms. The molecule has 4 rings (SSSR count). The van der Waals surface area contributed by atoms with Crippen molar-refractivity contribution >= 4 is 23.1 Å². The molecule has 2 aromatic rings. The van der Waals surface area contributed by atoms with Crippen LogP contribution in [-0.4, -0.2) is 25.2 Å². The maximum Gasteiger partial charge on any atom is 0.326 e. The average Bonchev–Trinajstić information content (AvgIpc) is 3.06. The van der Waals surface area contributed by atoms with Gasteiger partial charge in [0.05, 0.1) is 11.4 Å². The van der Waals surface area contributed by atoms with Crippen LogP contribution in [0.3, 0.4) is 0 Å². The lowest BCUT2D eigenvalue weighted by atomic mass is 10.1. The van der Waals surface area contributed by atoms with E-state index in [1.165, 1.54) is 23.2 Å². The zero-order chi connectivity index (χ0) is 16.7. The molecule has 0 saturated carbocycles. The van der Waals surface area contributed by atoms with E-state index in [9.17, 15) is 4.79 Å². The third-order valence-electron chi connectivity index (χ3n) is 5.26. The fourth-order valence-electron chi connectivity index (χ4n) is 3.79. The molecule has 1 fully saturated rings. The Balaban J connectivity index is 1.62. The minimum atomic E-state index is -0.0442. The molecule has 0 aromatic heterocycles. The standard InChI is InChI=1S/C20H23N3O/c1-14-9-10-16(12-15(14)2)21-20(24)23-13-17-6-5-11-22(17)18-7-3-4-8-19(18)23/h3-4,7-10,12,17H,5-6,11,13H2,1-2H3,(H,21,24)/t17-/m1/s1. The summed E-state index contributed by atoms with van der Waals surface area (Å²) in [5, 5.41) is 3.07. The van der Waals surface area contributed by atoms with Gasteiger partial charge in [0.25, 0.3) is 0 Å². The van der Waals surface area contributed by atoms with Crippen LogP contribution in [0.1, 0.15) is 24.0 Å². The quantitative estimate of drug-likeness (QED) is 0.849. The number of amides is 2. The van der Waals surface area contributed by atoms with Crippen LogP contribution >= 0.6 is 0 Å². The number of aryl methyl sites for hydroxylation is 2. The van der Waals surface area contributed by atoms with Crippen molar-refractivity contribution in [2.24, 2.45) is 0 Å². The van der Waals surface area contributed by atoms with Crippen LogP contribution in [0.5, 0.6) is 0 Å². The van der Waals surface area contributed by atoms with Gasteiger partial charge in [0.15, 0.2) is 0 Å². The van der Waals surface area contributed by atoms with Crippen LogP contribution in [0.4, 0.5) is 21.9 Å². The predicted molar refractivity (Wildman–Crippen MR) is 99.1 cm³/mol. The number of hydrogen-bond donors (Lipinski definition) is 1. The molecule has 1 saturated heterocycles. The van der Waals surface area contributed by atoms with Gasteiger partial charge in [-0.15, -0.1) is 0 Å². The Labute approximate surface area is 143 Å². The minimum Gasteiger partial charge on any atom is -0.365 e. The molecule has 0 aliphatic carbocycles. The van der Waals surface area contributed by atoms with Gasteiger partial charge < -0.3 is 10.2 Å². The first-order valence-electron chi connectivity index (χ1n) is 8.65. The van der Waals surface area contributed by atoms with Gasteiger partial charge in [-0.05, 0) is 62.1 Å². The molecule has 2 aliphatic rings. The number of nitrogens with zero attached hydrogens (tertiary/aromatic N) is 2. The highest BCUT2D eigenvalue weighted by Gasteiger charge is 2.36. The van der Waals surface area contributed by atoms with Gasteiger partial charge in [-0.3, -0.25) is 4.90 Å². The molecule has 0 unspecified atom stereocenters. The second kappa shape index (κ2) is 5.86. The number of rotatable bonds is 1. The second-order valence-electron chi connectivity index (χ2n) is 6.82. The molecule has 4 nitrogen and oxygen atoms in total. The summed E-state index contributed by atoms with van der Waals surface area (Å²) in [6.45, 7) is 6.00. The largest absolute Gasteiger partial charge is 0.365 e. The van der Waals surface area contributed by atoms with Crippen LogP contribution in [-0.2, 0) is 0 Å². The highest BCUT2D eigenvalue weighted by molar-refractivity contribution is 6.04. The summed E-state index contributed by atoms with van der Waals surface area (Å²) in [5.74, 6) is 0. The maximum atomic E-state index is 12.9. The Kier molecular flexibility index (Phi) is 3.68. The van der Waals surface area contributed by atoms with E-state index in [0.717, 1.165) is 30.9 Å². The summed E-state index contributed by atoms with van der Waals surface area (Å²) < 4.78 is 0. The third kappa shape index (κ3) is 2.52. The summed E-state index contributed by atoms with van der Waals surface area (Å²) >= 11 is 0. The lowest BCUT2D eigenvalue weighted by Gasteiger charge is -2.40. The number of nitrogens with one attached hydrogen (secondary N) is 1. The summed E-state index contributed by atoms with van der Waals surface area (Å²) in [7, 11) is 0. The van der Waals surface area contributed by atoms with Crippen molar-refractivity contribution in [2.45, 2.75) is 32.7 Å². The molecule has 4 heteroatoms. The van der Waals surface area contributed by atoms with Crippen LogP contribution in [0.15, 0.2) is 42.5 Å². The van der Waals surface area contributed by atoms with Crippen LogP contribution < -0.4 is 15.1 Å². The van der Waals surface area contributed by atoms with E-state index >= 15 is 0 Å². The van der Waals surface area contributed by atoms with Crippen LogP contribution in [0.2, 0.25) is 0 Å². The molecular formula is C20H23N3O. The van der Waals surface area contributed by atoms with Crippen molar-refractivity contribution in [3.63, 3.8) is 0 Å². The Morgan fingerprint density at radius 3 is 2.67 bits per heavy atom. The Hall–Kier alpha value is -2.49. The van der Waals surface area contributed by atoms with E-state index in [4.69, 9.17) is 0 Å². The number of urea groups is 1. The van der Waals surface area contributed by atoms with Crippen molar-refractivity contribution in [3.8, 4) is 0 Å². The lowest BCUT2D eigenvalue weighted by molar-refractivity contribution is 0.256. The van der Waals surface area contributed by atoms with E-state index in [0.29, 0.717) is 6.04 Å². The van der Waals surface area contributed by atoms with E-state index in [1.54, 1.807) is 0 Å². The summed E-state index contributed by atoms with van der Waals surface area (Å²) in [6.07, 6.45) is 2.35. The first-order valence-corrected chi connectivity index (χ1v) is 8.65. The van der Waals surface area contributed by atoms with E-state index < -0.39 is 0 Å². The molecule has 2 aromatic carbocycles. The van der Waals surface area contributed by atoms with Crippen LogP contribution in [0.25, 0.3) is 0 Å². The number of benzene rings is 2. The fourth-order valence-corrected chi connectivity index (χ4v) is 3.79. The molecular weight excluding hydrogens is 298 g/mol. The Morgan fingerprint density at radius 2 is 1.88 bits per heavy atom. The van der Waals surface area contributed by atoms with Gasteiger partial charge in [-0.2, -0.15) is 0 Å². The minimum absolute atomic E-state index is 0.0442. The molecule has 2 heterocycles. The molecule has 2 amide bonds. The van der Waals surface area contributed by atoms with Crippen LogP contribution in [0, 0.1) is 13.8 Å². The zero-order valence-corrected chi connectivity index (χ0v) is 14.2. The molecule has 24 heavy (non-hydrogen) atoms. The third-order valence-corrected chi connectivity index (χ3v) is 5.26. The van der Waals surface area contributed by atoms with Crippen molar-refractivity contribution in [1.82, 2.24) is 0 Å². The number of para-hydroxylation sites is 2. The first-order chi connectivity index (χ1) is 11.6. The fraction of sp³-hybridized carbons (Fsp3) is 0.350. The number of anilines is 3. The first kappa shape index (κ1) is 15.1.